The third kappa shape index (κ3) is 3.46. The van der Waals surface area contributed by atoms with Crippen LogP contribution >= 0.6 is 0 Å². The van der Waals surface area contributed by atoms with Crippen molar-refractivity contribution in [3.63, 3.8) is 0 Å². The van der Waals surface area contributed by atoms with E-state index in [1.807, 2.05) is 0 Å². The number of nitrogens with one attached hydrogen (secondary N) is 1. The molecule has 0 bridgehead atoms. The van der Waals surface area contributed by atoms with Gasteiger partial charge in [0.05, 0.1) is 16.3 Å². The lowest BCUT2D eigenvalue weighted by atomic mass is 10.2. The van der Waals surface area contributed by atoms with Gasteiger partial charge in [0.1, 0.15) is 4.90 Å². The Kier molecular flexibility index (Phi) is 4.32. The van der Waals surface area contributed by atoms with Crippen LogP contribution in [0.15, 0.2) is 69.2 Å². The first-order valence-corrected chi connectivity index (χ1v) is 9.92. The lowest BCUT2D eigenvalue weighted by Gasteiger charge is -2.09. The van der Waals surface area contributed by atoms with Gasteiger partial charge in [0, 0.05) is 6.07 Å². The molecule has 1 aromatic heterocycles. The number of hydrogen-bond donors (Lipinski definition) is 3. The molecule has 11 heteroatoms. The average molecular weight is 396 g/mol. The molecule has 1 heterocycles. The molecular weight excluding hydrogens is 384 g/mol. The summed E-state index contributed by atoms with van der Waals surface area (Å²) in [6, 6.07) is 12.2. The van der Waals surface area contributed by atoms with Crippen molar-refractivity contribution in [2.45, 2.75) is 9.79 Å². The molecule has 0 saturated carbocycles. The van der Waals surface area contributed by atoms with Gasteiger partial charge in [-0.25, -0.2) is 4.68 Å². The number of benzene rings is 2. The lowest BCUT2D eigenvalue weighted by molar-refractivity contribution is 0.477. The van der Waals surface area contributed by atoms with Crippen LogP contribution in [0.2, 0.25) is 0 Å². The zero-order valence-corrected chi connectivity index (χ0v) is 14.5. The Bertz CT molecular complexity index is 1240. The molecule has 0 fully saturated rings. The maximum absolute atomic E-state index is 12.3. The average Bonchev–Trinajstić information content (AvgIpc) is 2.95. The molecule has 0 atom stereocenters. The number of H-pyrrole nitrogens is 1. The highest BCUT2D eigenvalue weighted by molar-refractivity contribution is 7.86. The van der Waals surface area contributed by atoms with E-state index in [4.69, 9.17) is 4.55 Å². The third-order valence-electron chi connectivity index (χ3n) is 3.55. The molecule has 3 aromatic rings. The van der Waals surface area contributed by atoms with Crippen molar-refractivity contribution in [1.82, 2.24) is 9.78 Å². The van der Waals surface area contributed by atoms with E-state index in [1.54, 1.807) is 30.3 Å². The van der Waals surface area contributed by atoms with Crippen LogP contribution in [-0.4, -0.2) is 35.7 Å². The minimum absolute atomic E-state index is 0.342. The predicted octanol–water partition coefficient (Wildman–Crippen LogP) is 1.33. The van der Waals surface area contributed by atoms with E-state index in [1.165, 1.54) is 6.07 Å². The molecule has 9 nitrogen and oxygen atoms in total. The van der Waals surface area contributed by atoms with Crippen molar-refractivity contribution in [3.05, 3.63) is 65.0 Å². The van der Waals surface area contributed by atoms with Crippen molar-refractivity contribution in [2.24, 2.45) is 0 Å². The standard InChI is InChI=1S/C15H12N2O7S2/c18-15-9-12(10-4-2-1-3-5-10)16-17(15)13-8-11(25(19,20)21)6-7-14(13)26(22,23)24/h1-9,16H,(H,19,20,21)(H,22,23,24). The van der Waals surface area contributed by atoms with Crippen LogP contribution in [-0.2, 0) is 20.2 Å². The maximum Gasteiger partial charge on any atom is 0.296 e. The molecule has 0 unspecified atom stereocenters. The van der Waals surface area contributed by atoms with Gasteiger partial charge in [-0.2, -0.15) is 16.8 Å². The summed E-state index contributed by atoms with van der Waals surface area (Å²) in [7, 11) is -9.43. The number of nitrogens with zero attached hydrogens (tertiary/aromatic N) is 1. The fraction of sp³-hybridized carbons (Fsp3) is 0. The molecule has 136 valence electrons. The molecule has 2 aromatic carbocycles. The predicted molar refractivity (Wildman–Crippen MR) is 91.5 cm³/mol. The van der Waals surface area contributed by atoms with E-state index in [2.05, 4.69) is 5.10 Å². The van der Waals surface area contributed by atoms with E-state index in [0.717, 1.165) is 22.9 Å². The van der Waals surface area contributed by atoms with Gasteiger partial charge < -0.3 is 0 Å². The fourth-order valence-corrected chi connectivity index (χ4v) is 3.55. The highest BCUT2D eigenvalue weighted by atomic mass is 32.2. The minimum atomic E-state index is -4.77. The van der Waals surface area contributed by atoms with Crippen LogP contribution in [0.3, 0.4) is 0 Å². The molecule has 3 rings (SSSR count). The van der Waals surface area contributed by atoms with Crippen LogP contribution < -0.4 is 5.56 Å². The molecule has 0 amide bonds. The molecule has 0 aliphatic heterocycles. The summed E-state index contributed by atoms with van der Waals surface area (Å²) in [5, 5.41) is 2.66. The van der Waals surface area contributed by atoms with Crippen molar-refractivity contribution < 1.29 is 25.9 Å². The van der Waals surface area contributed by atoms with Gasteiger partial charge >= 0.3 is 0 Å². The second kappa shape index (κ2) is 6.21. The van der Waals surface area contributed by atoms with Gasteiger partial charge in [-0.1, -0.05) is 30.3 Å². The quantitative estimate of drug-likeness (QED) is 0.564. The summed E-state index contributed by atoms with van der Waals surface area (Å²) in [6.45, 7) is 0. The summed E-state index contributed by atoms with van der Waals surface area (Å²) in [6.07, 6.45) is 0. The smallest absolute Gasteiger partial charge is 0.290 e. The molecule has 3 N–H and O–H groups in total. The monoisotopic (exact) mass is 396 g/mol. The fourth-order valence-electron chi connectivity index (χ4n) is 2.39. The van der Waals surface area contributed by atoms with Gasteiger partial charge in [0.2, 0.25) is 0 Å². The molecule has 0 aliphatic carbocycles. The Labute approximate surface area is 148 Å². The number of aromatic amines is 1. The van der Waals surface area contributed by atoms with E-state index in [-0.39, 0.29) is 0 Å². The topological polar surface area (TPSA) is 147 Å². The van der Waals surface area contributed by atoms with Crippen molar-refractivity contribution in [2.75, 3.05) is 0 Å². The van der Waals surface area contributed by atoms with Gasteiger partial charge in [-0.15, -0.1) is 0 Å². The lowest BCUT2D eigenvalue weighted by Crippen LogP contribution is -2.17. The van der Waals surface area contributed by atoms with Crippen LogP contribution in [0.5, 0.6) is 0 Å². The zero-order chi connectivity index (χ0) is 19.1. The molecule has 0 saturated heterocycles. The van der Waals surface area contributed by atoms with E-state index >= 15 is 0 Å². The van der Waals surface area contributed by atoms with E-state index < -0.39 is 41.3 Å². The van der Waals surface area contributed by atoms with Crippen LogP contribution in [0.1, 0.15) is 0 Å². The number of hydrogen-bond acceptors (Lipinski definition) is 5. The van der Waals surface area contributed by atoms with Gasteiger partial charge in [0.25, 0.3) is 25.8 Å². The van der Waals surface area contributed by atoms with Crippen LogP contribution in [0, 0.1) is 0 Å². The van der Waals surface area contributed by atoms with Gasteiger partial charge in [-0.05, 0) is 23.8 Å². The maximum atomic E-state index is 12.3. The summed E-state index contributed by atoms with van der Waals surface area (Å²) >= 11 is 0. The normalized spacial score (nSPS) is 12.2. The minimum Gasteiger partial charge on any atom is -0.290 e. The van der Waals surface area contributed by atoms with Crippen molar-refractivity contribution in [3.8, 4) is 16.9 Å². The Morgan fingerprint density at radius 2 is 1.50 bits per heavy atom. The van der Waals surface area contributed by atoms with Crippen LogP contribution in [0.4, 0.5) is 0 Å². The Morgan fingerprint density at radius 3 is 2.08 bits per heavy atom. The van der Waals surface area contributed by atoms with Crippen LogP contribution in [0.25, 0.3) is 16.9 Å². The second-order valence-electron chi connectivity index (χ2n) is 5.29. The molecular formula is C15H12N2O7S2. The van der Waals surface area contributed by atoms with Crippen molar-refractivity contribution in [1.29, 1.82) is 0 Å². The number of rotatable bonds is 4. The van der Waals surface area contributed by atoms with E-state index in [9.17, 15) is 26.2 Å². The first-order valence-electron chi connectivity index (χ1n) is 7.04. The highest BCUT2D eigenvalue weighted by Gasteiger charge is 2.22. The summed E-state index contributed by atoms with van der Waals surface area (Å²) in [5.41, 5.74) is -0.173. The third-order valence-corrected chi connectivity index (χ3v) is 5.30. The summed E-state index contributed by atoms with van der Waals surface area (Å²) in [5.74, 6) is 0. The van der Waals surface area contributed by atoms with Gasteiger partial charge in [0.15, 0.2) is 0 Å². The zero-order valence-electron chi connectivity index (χ0n) is 12.9. The Morgan fingerprint density at radius 1 is 0.846 bits per heavy atom. The highest BCUT2D eigenvalue weighted by Crippen LogP contribution is 2.24. The van der Waals surface area contributed by atoms with Crippen molar-refractivity contribution >= 4 is 20.2 Å². The first kappa shape index (κ1) is 18.1. The second-order valence-corrected chi connectivity index (χ2v) is 8.10. The molecule has 0 spiro atoms. The molecule has 0 aliphatic rings. The molecule has 0 radical (unpaired) electrons. The summed E-state index contributed by atoms with van der Waals surface area (Å²) < 4.78 is 65.2. The molecule has 26 heavy (non-hydrogen) atoms. The summed E-state index contributed by atoms with van der Waals surface area (Å²) in [4.78, 5) is 11.0. The number of aromatic nitrogens is 2. The SMILES string of the molecule is O=c1cc(-c2ccccc2)[nH]n1-c1cc(S(=O)(=O)O)ccc1S(=O)(=O)O. The Balaban J connectivity index is 2.29. The van der Waals surface area contributed by atoms with Gasteiger partial charge in [-0.3, -0.25) is 19.0 Å². The first-order chi connectivity index (χ1) is 12.1. The van der Waals surface area contributed by atoms with E-state index in [0.29, 0.717) is 11.3 Å². The largest absolute Gasteiger partial charge is 0.296 e. The Hall–Kier alpha value is -2.73.